The van der Waals surface area contributed by atoms with E-state index in [-0.39, 0.29) is 0 Å². The highest BCUT2D eigenvalue weighted by atomic mass is 15.2. The van der Waals surface area contributed by atoms with Crippen molar-refractivity contribution in [2.24, 2.45) is 5.92 Å². The molecule has 0 aromatic heterocycles. The average molecular weight is 260 g/mol. The van der Waals surface area contributed by atoms with E-state index in [1.54, 1.807) is 0 Å². The molecule has 0 fully saturated rings. The lowest BCUT2D eigenvalue weighted by atomic mass is 9.96. The summed E-state index contributed by atoms with van der Waals surface area (Å²) in [6.45, 7) is 10.4. The van der Waals surface area contributed by atoms with Crippen LogP contribution in [-0.2, 0) is 6.42 Å². The summed E-state index contributed by atoms with van der Waals surface area (Å²) in [5.41, 5.74) is 2.80. The van der Waals surface area contributed by atoms with Gasteiger partial charge in [0.2, 0.25) is 0 Å². The van der Waals surface area contributed by atoms with Crippen molar-refractivity contribution in [1.29, 1.82) is 0 Å². The molecule has 2 heteroatoms. The van der Waals surface area contributed by atoms with Crippen molar-refractivity contribution in [3.05, 3.63) is 29.8 Å². The molecule has 0 aliphatic carbocycles. The Morgan fingerprint density at radius 2 is 1.95 bits per heavy atom. The second-order valence-electron chi connectivity index (χ2n) is 5.67. The standard InChI is InChI=1S/C17H28N2/c1-4-14(5-2)13-19(6-3)16-11-15-9-7-8-10-17(15)18-12-16/h7-10,14,16,18H,4-6,11-13H2,1-3H3. The van der Waals surface area contributed by atoms with Gasteiger partial charge in [-0.15, -0.1) is 0 Å². The largest absolute Gasteiger partial charge is 0.383 e. The van der Waals surface area contributed by atoms with Gasteiger partial charge in [0.05, 0.1) is 0 Å². The maximum absolute atomic E-state index is 3.60. The van der Waals surface area contributed by atoms with Crippen LogP contribution in [0.2, 0.25) is 0 Å². The Labute approximate surface area is 118 Å². The number of hydrogen-bond acceptors (Lipinski definition) is 2. The van der Waals surface area contributed by atoms with Crippen molar-refractivity contribution in [2.45, 2.75) is 46.1 Å². The highest BCUT2D eigenvalue weighted by Gasteiger charge is 2.24. The average Bonchev–Trinajstić information content (AvgIpc) is 2.48. The highest BCUT2D eigenvalue weighted by Crippen LogP contribution is 2.24. The number of nitrogens with one attached hydrogen (secondary N) is 1. The molecule has 19 heavy (non-hydrogen) atoms. The van der Waals surface area contributed by atoms with Crippen molar-refractivity contribution in [3.8, 4) is 0 Å². The molecule has 0 saturated carbocycles. The number of likely N-dealkylation sites (N-methyl/N-ethyl adjacent to an activating group) is 1. The lowest BCUT2D eigenvalue weighted by Gasteiger charge is -2.37. The molecule has 0 bridgehead atoms. The molecule has 1 unspecified atom stereocenters. The zero-order chi connectivity index (χ0) is 13.7. The highest BCUT2D eigenvalue weighted by molar-refractivity contribution is 5.53. The molecule has 0 radical (unpaired) electrons. The van der Waals surface area contributed by atoms with E-state index in [4.69, 9.17) is 0 Å². The van der Waals surface area contributed by atoms with Gasteiger partial charge in [0, 0.05) is 24.8 Å². The van der Waals surface area contributed by atoms with Gasteiger partial charge in [0.25, 0.3) is 0 Å². The number of benzene rings is 1. The van der Waals surface area contributed by atoms with Crippen LogP contribution in [0.4, 0.5) is 5.69 Å². The van der Waals surface area contributed by atoms with Gasteiger partial charge in [0.1, 0.15) is 0 Å². The predicted octanol–water partition coefficient (Wildman–Crippen LogP) is 3.78. The van der Waals surface area contributed by atoms with E-state index in [1.807, 2.05) is 0 Å². The number of rotatable bonds is 6. The lowest BCUT2D eigenvalue weighted by molar-refractivity contribution is 0.173. The van der Waals surface area contributed by atoms with E-state index in [1.165, 1.54) is 37.1 Å². The van der Waals surface area contributed by atoms with Crippen LogP contribution in [0.1, 0.15) is 39.2 Å². The Balaban J connectivity index is 2.01. The molecule has 1 atom stereocenters. The Morgan fingerprint density at radius 3 is 2.63 bits per heavy atom. The SMILES string of the molecule is CCC(CC)CN(CC)C1CNc2ccccc2C1. The number of hydrogen-bond donors (Lipinski definition) is 1. The van der Waals surface area contributed by atoms with Gasteiger partial charge >= 0.3 is 0 Å². The molecule has 1 heterocycles. The molecule has 1 aliphatic rings. The van der Waals surface area contributed by atoms with Gasteiger partial charge in [-0.3, -0.25) is 4.90 Å². The second-order valence-corrected chi connectivity index (χ2v) is 5.67. The molecule has 1 N–H and O–H groups in total. The van der Waals surface area contributed by atoms with Crippen molar-refractivity contribution >= 4 is 5.69 Å². The Bertz CT molecular complexity index is 385. The van der Waals surface area contributed by atoms with Gasteiger partial charge in [-0.05, 0) is 30.5 Å². The third-order valence-electron chi connectivity index (χ3n) is 4.57. The van der Waals surface area contributed by atoms with E-state index >= 15 is 0 Å². The van der Waals surface area contributed by atoms with Crippen molar-refractivity contribution in [3.63, 3.8) is 0 Å². The molecule has 0 spiro atoms. The molecule has 0 amide bonds. The monoisotopic (exact) mass is 260 g/mol. The topological polar surface area (TPSA) is 15.3 Å². The lowest BCUT2D eigenvalue weighted by Crippen LogP contribution is -2.45. The number of para-hydroxylation sites is 1. The first-order valence-electron chi connectivity index (χ1n) is 7.84. The summed E-state index contributed by atoms with van der Waals surface area (Å²) in [5.74, 6) is 0.845. The predicted molar refractivity (Wildman–Crippen MR) is 83.7 cm³/mol. The first-order valence-corrected chi connectivity index (χ1v) is 7.84. The van der Waals surface area contributed by atoms with E-state index in [2.05, 4.69) is 55.3 Å². The molecule has 2 nitrogen and oxygen atoms in total. The molecular weight excluding hydrogens is 232 g/mol. The molecular formula is C17H28N2. The van der Waals surface area contributed by atoms with Crippen LogP contribution >= 0.6 is 0 Å². The van der Waals surface area contributed by atoms with Crippen LogP contribution in [-0.4, -0.2) is 30.6 Å². The van der Waals surface area contributed by atoms with E-state index in [0.29, 0.717) is 6.04 Å². The zero-order valence-electron chi connectivity index (χ0n) is 12.7. The normalized spacial score (nSPS) is 18.5. The first kappa shape index (κ1) is 14.4. The Kier molecular flexibility index (Phi) is 5.26. The van der Waals surface area contributed by atoms with Gasteiger partial charge in [-0.2, -0.15) is 0 Å². The summed E-state index contributed by atoms with van der Waals surface area (Å²) in [4.78, 5) is 2.67. The number of nitrogens with zero attached hydrogens (tertiary/aromatic N) is 1. The van der Waals surface area contributed by atoms with Crippen LogP contribution in [0.5, 0.6) is 0 Å². The fraction of sp³-hybridized carbons (Fsp3) is 0.647. The summed E-state index contributed by atoms with van der Waals surface area (Å²) < 4.78 is 0. The van der Waals surface area contributed by atoms with Crippen LogP contribution < -0.4 is 5.32 Å². The molecule has 1 aromatic rings. The second kappa shape index (κ2) is 6.95. The summed E-state index contributed by atoms with van der Waals surface area (Å²) in [6.07, 6.45) is 3.78. The summed E-state index contributed by atoms with van der Waals surface area (Å²) in [6, 6.07) is 9.39. The Hall–Kier alpha value is -1.02. The van der Waals surface area contributed by atoms with E-state index in [9.17, 15) is 0 Å². The van der Waals surface area contributed by atoms with Crippen molar-refractivity contribution in [2.75, 3.05) is 25.0 Å². The van der Waals surface area contributed by atoms with Crippen LogP contribution in [0.3, 0.4) is 0 Å². The molecule has 1 aromatic carbocycles. The van der Waals surface area contributed by atoms with Gasteiger partial charge in [-0.25, -0.2) is 0 Å². The van der Waals surface area contributed by atoms with Crippen LogP contribution in [0.25, 0.3) is 0 Å². The minimum Gasteiger partial charge on any atom is -0.383 e. The van der Waals surface area contributed by atoms with Crippen molar-refractivity contribution in [1.82, 2.24) is 4.90 Å². The van der Waals surface area contributed by atoms with Gasteiger partial charge in [-0.1, -0.05) is 51.8 Å². The third-order valence-corrected chi connectivity index (χ3v) is 4.57. The van der Waals surface area contributed by atoms with Crippen LogP contribution in [0.15, 0.2) is 24.3 Å². The Morgan fingerprint density at radius 1 is 1.21 bits per heavy atom. The third kappa shape index (κ3) is 3.50. The minimum absolute atomic E-state index is 0.653. The van der Waals surface area contributed by atoms with E-state index in [0.717, 1.165) is 19.0 Å². The number of anilines is 1. The maximum atomic E-state index is 3.60. The number of fused-ring (bicyclic) bond motifs is 1. The minimum atomic E-state index is 0.653. The van der Waals surface area contributed by atoms with Crippen LogP contribution in [0, 0.1) is 5.92 Å². The summed E-state index contributed by atoms with van der Waals surface area (Å²) in [7, 11) is 0. The first-order chi connectivity index (χ1) is 9.28. The van der Waals surface area contributed by atoms with Gasteiger partial charge < -0.3 is 5.32 Å². The fourth-order valence-corrected chi connectivity index (χ4v) is 3.10. The van der Waals surface area contributed by atoms with Gasteiger partial charge in [0.15, 0.2) is 0 Å². The smallest absolute Gasteiger partial charge is 0.0373 e. The summed E-state index contributed by atoms with van der Waals surface area (Å²) in [5, 5.41) is 3.60. The fourth-order valence-electron chi connectivity index (χ4n) is 3.10. The zero-order valence-corrected chi connectivity index (χ0v) is 12.7. The molecule has 0 saturated heterocycles. The van der Waals surface area contributed by atoms with E-state index < -0.39 is 0 Å². The summed E-state index contributed by atoms with van der Waals surface area (Å²) >= 11 is 0. The quantitative estimate of drug-likeness (QED) is 0.837. The van der Waals surface area contributed by atoms with Crippen molar-refractivity contribution < 1.29 is 0 Å². The molecule has 2 rings (SSSR count). The molecule has 106 valence electrons. The maximum Gasteiger partial charge on any atom is 0.0373 e. The molecule has 1 aliphatic heterocycles.